The Balaban J connectivity index is 2.25. The minimum absolute atomic E-state index is 0.260. The minimum atomic E-state index is -3.73. The predicted molar refractivity (Wildman–Crippen MR) is 117 cm³/mol. The number of nitrogens with zero attached hydrogens (tertiary/aromatic N) is 1. The van der Waals surface area contributed by atoms with Crippen LogP contribution in [0.5, 0.6) is 5.75 Å². The topological polar surface area (TPSA) is 75.7 Å². The lowest BCUT2D eigenvalue weighted by Gasteiger charge is -2.29. The van der Waals surface area contributed by atoms with E-state index >= 15 is 0 Å². The highest BCUT2D eigenvalue weighted by Crippen LogP contribution is 2.31. The molecule has 0 bridgehead atoms. The number of ether oxygens (including phenoxy) is 1. The minimum Gasteiger partial charge on any atom is -0.495 e. The SMILES string of the molecule is CCc1ccc([C@H](C)NC(=O)[C@H](C)N(c2ccc(OC)c(Cl)c2)S(C)(=O)=O)cc1. The number of halogens is 1. The van der Waals surface area contributed by atoms with Gasteiger partial charge in [0.25, 0.3) is 0 Å². The number of hydrogen-bond donors (Lipinski definition) is 1. The van der Waals surface area contributed by atoms with Gasteiger partial charge in [-0.25, -0.2) is 8.42 Å². The Labute approximate surface area is 177 Å². The number of anilines is 1. The normalized spacial score (nSPS) is 13.4. The zero-order valence-electron chi connectivity index (χ0n) is 17.3. The van der Waals surface area contributed by atoms with Gasteiger partial charge >= 0.3 is 0 Å². The van der Waals surface area contributed by atoms with E-state index in [1.807, 2.05) is 31.2 Å². The van der Waals surface area contributed by atoms with Crippen LogP contribution < -0.4 is 14.4 Å². The highest BCUT2D eigenvalue weighted by Gasteiger charge is 2.30. The summed E-state index contributed by atoms with van der Waals surface area (Å²) in [6.07, 6.45) is 1.99. The van der Waals surface area contributed by atoms with E-state index in [-0.39, 0.29) is 11.1 Å². The molecule has 0 aromatic heterocycles. The van der Waals surface area contributed by atoms with Crippen molar-refractivity contribution in [1.82, 2.24) is 5.32 Å². The summed E-state index contributed by atoms with van der Waals surface area (Å²) in [5, 5.41) is 3.15. The van der Waals surface area contributed by atoms with Crippen LogP contribution in [-0.4, -0.2) is 33.7 Å². The van der Waals surface area contributed by atoms with Crippen LogP contribution in [0.25, 0.3) is 0 Å². The Morgan fingerprint density at radius 2 is 1.79 bits per heavy atom. The molecule has 0 radical (unpaired) electrons. The summed E-state index contributed by atoms with van der Waals surface area (Å²) < 4.78 is 31.1. The fourth-order valence-electron chi connectivity index (χ4n) is 3.06. The van der Waals surface area contributed by atoms with Gasteiger partial charge in [0.15, 0.2) is 0 Å². The molecular weight excluding hydrogens is 412 g/mol. The van der Waals surface area contributed by atoms with Crippen molar-refractivity contribution in [3.8, 4) is 5.75 Å². The molecule has 0 heterocycles. The third-order valence-corrected chi connectivity index (χ3v) is 6.26. The number of nitrogens with one attached hydrogen (secondary N) is 1. The van der Waals surface area contributed by atoms with E-state index < -0.39 is 22.0 Å². The van der Waals surface area contributed by atoms with E-state index in [1.54, 1.807) is 19.1 Å². The number of benzene rings is 2. The summed E-state index contributed by atoms with van der Waals surface area (Å²) in [5.41, 5.74) is 2.45. The van der Waals surface area contributed by atoms with Gasteiger partial charge in [-0.1, -0.05) is 42.8 Å². The first-order valence-corrected chi connectivity index (χ1v) is 11.5. The molecule has 6 nitrogen and oxygen atoms in total. The Morgan fingerprint density at radius 3 is 2.28 bits per heavy atom. The van der Waals surface area contributed by atoms with Gasteiger partial charge in [-0.15, -0.1) is 0 Å². The summed E-state index contributed by atoms with van der Waals surface area (Å²) in [6.45, 7) is 5.48. The van der Waals surface area contributed by atoms with Crippen molar-refractivity contribution in [3.63, 3.8) is 0 Å². The van der Waals surface area contributed by atoms with Crippen molar-refractivity contribution >= 4 is 33.2 Å². The van der Waals surface area contributed by atoms with Crippen molar-refractivity contribution < 1.29 is 17.9 Å². The van der Waals surface area contributed by atoms with Crippen LogP contribution >= 0.6 is 11.6 Å². The number of hydrogen-bond acceptors (Lipinski definition) is 4. The Kier molecular flexibility index (Phi) is 7.54. The van der Waals surface area contributed by atoms with Crippen LogP contribution in [0.2, 0.25) is 5.02 Å². The molecule has 2 rings (SSSR count). The summed E-state index contributed by atoms with van der Waals surface area (Å²) in [4.78, 5) is 12.8. The Bertz CT molecular complexity index is 961. The van der Waals surface area contributed by atoms with E-state index in [9.17, 15) is 13.2 Å². The van der Waals surface area contributed by atoms with Crippen LogP contribution in [0.3, 0.4) is 0 Å². The standard InChI is InChI=1S/C21H27ClN2O4S/c1-6-16-7-9-17(10-8-16)14(2)23-21(25)15(3)24(29(5,26)27)18-11-12-20(28-4)19(22)13-18/h7-15H,6H2,1-5H3,(H,23,25)/t14-,15-/m0/s1. The predicted octanol–water partition coefficient (Wildman–Crippen LogP) is 3.94. The van der Waals surface area contributed by atoms with Crippen LogP contribution in [-0.2, 0) is 21.2 Å². The molecule has 0 saturated carbocycles. The lowest BCUT2D eigenvalue weighted by molar-refractivity contribution is -0.122. The maximum atomic E-state index is 12.8. The maximum Gasteiger partial charge on any atom is 0.244 e. The molecular formula is C21H27ClN2O4S. The van der Waals surface area contributed by atoms with Gasteiger partial charge < -0.3 is 10.1 Å². The van der Waals surface area contributed by atoms with Gasteiger partial charge in [-0.3, -0.25) is 9.10 Å². The van der Waals surface area contributed by atoms with Gasteiger partial charge in [0, 0.05) is 0 Å². The van der Waals surface area contributed by atoms with Crippen molar-refractivity contribution in [2.24, 2.45) is 0 Å². The van der Waals surface area contributed by atoms with E-state index in [2.05, 4.69) is 12.2 Å². The fourth-order valence-corrected chi connectivity index (χ4v) is 4.48. The monoisotopic (exact) mass is 438 g/mol. The largest absolute Gasteiger partial charge is 0.495 e. The van der Waals surface area contributed by atoms with Crippen molar-refractivity contribution in [3.05, 3.63) is 58.6 Å². The van der Waals surface area contributed by atoms with E-state index in [0.717, 1.165) is 22.5 Å². The number of methoxy groups -OCH3 is 1. The van der Waals surface area contributed by atoms with Gasteiger partial charge in [0.1, 0.15) is 11.8 Å². The molecule has 2 aromatic rings. The molecule has 158 valence electrons. The second-order valence-electron chi connectivity index (χ2n) is 6.88. The highest BCUT2D eigenvalue weighted by atomic mass is 35.5. The van der Waals surface area contributed by atoms with E-state index in [0.29, 0.717) is 11.4 Å². The van der Waals surface area contributed by atoms with Crippen molar-refractivity contribution in [2.45, 2.75) is 39.3 Å². The Hall–Kier alpha value is -2.25. The fraction of sp³-hybridized carbons (Fsp3) is 0.381. The number of rotatable bonds is 8. The quantitative estimate of drug-likeness (QED) is 0.677. The zero-order valence-corrected chi connectivity index (χ0v) is 18.8. The Morgan fingerprint density at radius 1 is 1.17 bits per heavy atom. The van der Waals surface area contributed by atoms with Gasteiger partial charge in [-0.2, -0.15) is 0 Å². The second kappa shape index (κ2) is 9.50. The molecule has 8 heteroatoms. The van der Waals surface area contributed by atoms with Gasteiger partial charge in [0.05, 0.1) is 30.1 Å². The third-order valence-electron chi connectivity index (χ3n) is 4.73. The second-order valence-corrected chi connectivity index (χ2v) is 9.15. The number of sulfonamides is 1. The summed E-state index contributed by atoms with van der Waals surface area (Å²) in [6, 6.07) is 11.3. The van der Waals surface area contributed by atoms with Crippen molar-refractivity contribution in [1.29, 1.82) is 0 Å². The average molecular weight is 439 g/mol. The molecule has 2 aromatic carbocycles. The van der Waals surface area contributed by atoms with Crippen molar-refractivity contribution in [2.75, 3.05) is 17.7 Å². The van der Waals surface area contributed by atoms with Crippen LogP contribution in [0.1, 0.15) is 37.9 Å². The summed E-state index contributed by atoms with van der Waals surface area (Å²) in [5.74, 6) is 0.0135. The first kappa shape index (κ1) is 23.0. The van der Waals surface area contributed by atoms with Crippen LogP contribution in [0.15, 0.2) is 42.5 Å². The molecule has 1 N–H and O–H groups in total. The molecule has 0 aliphatic carbocycles. The zero-order chi connectivity index (χ0) is 21.8. The number of carbonyl (C=O) groups is 1. The summed E-state index contributed by atoms with van der Waals surface area (Å²) in [7, 11) is -2.26. The third kappa shape index (κ3) is 5.64. The molecule has 0 spiro atoms. The van der Waals surface area contributed by atoms with Gasteiger partial charge in [0.2, 0.25) is 15.9 Å². The van der Waals surface area contributed by atoms with E-state index in [4.69, 9.17) is 16.3 Å². The smallest absolute Gasteiger partial charge is 0.244 e. The lowest BCUT2D eigenvalue weighted by Crippen LogP contribution is -2.48. The first-order valence-electron chi connectivity index (χ1n) is 9.30. The van der Waals surface area contributed by atoms with Crippen LogP contribution in [0.4, 0.5) is 5.69 Å². The lowest BCUT2D eigenvalue weighted by atomic mass is 10.0. The van der Waals surface area contributed by atoms with E-state index in [1.165, 1.54) is 18.7 Å². The van der Waals surface area contributed by atoms with Crippen LogP contribution in [0, 0.1) is 0 Å². The summed E-state index contributed by atoms with van der Waals surface area (Å²) >= 11 is 6.15. The number of aryl methyl sites for hydroxylation is 1. The molecule has 29 heavy (non-hydrogen) atoms. The molecule has 0 fully saturated rings. The highest BCUT2D eigenvalue weighted by molar-refractivity contribution is 7.92. The maximum absolute atomic E-state index is 12.8. The number of carbonyl (C=O) groups excluding carboxylic acids is 1. The number of amides is 1. The average Bonchev–Trinajstić information content (AvgIpc) is 2.67. The molecule has 2 atom stereocenters. The van der Waals surface area contributed by atoms with Gasteiger partial charge in [-0.05, 0) is 49.6 Å². The molecule has 0 saturated heterocycles. The first-order chi connectivity index (χ1) is 13.6. The molecule has 1 amide bonds. The molecule has 0 aliphatic rings. The molecule has 0 unspecified atom stereocenters. The molecule has 0 aliphatic heterocycles.